The molecule has 0 N–H and O–H groups in total. The minimum absolute atomic E-state index is 0.0545. The van der Waals surface area contributed by atoms with Gasteiger partial charge >= 0.3 is 0 Å². The molecule has 0 bridgehead atoms. The summed E-state index contributed by atoms with van der Waals surface area (Å²) in [5, 5.41) is 2.09. The van der Waals surface area contributed by atoms with Crippen LogP contribution >= 0.6 is 35.0 Å². The Balaban J connectivity index is 1.41. The molecule has 8 heteroatoms. The summed E-state index contributed by atoms with van der Waals surface area (Å²) in [7, 11) is 0. The van der Waals surface area contributed by atoms with Gasteiger partial charge in [-0.2, -0.15) is 0 Å². The third-order valence-corrected chi connectivity index (χ3v) is 6.76. The number of carbonyl (C=O) groups excluding carboxylic acids is 1. The fourth-order valence-electron chi connectivity index (χ4n) is 3.28. The SMILES string of the molecule is CCn1c(SCC(=O)c2ccc(OCc3ccc(Cl)c(Cl)c3)cc2)nc2ccccc2c1=O. The Morgan fingerprint density at radius 3 is 2.52 bits per heavy atom. The molecule has 1 heterocycles. The van der Waals surface area contributed by atoms with Crippen LogP contribution in [-0.2, 0) is 13.2 Å². The van der Waals surface area contributed by atoms with Crippen LogP contribution in [0.2, 0.25) is 10.0 Å². The van der Waals surface area contributed by atoms with Gasteiger partial charge in [-0.1, -0.05) is 53.2 Å². The molecule has 4 rings (SSSR count). The zero-order valence-corrected chi connectivity index (χ0v) is 20.1. The third kappa shape index (κ3) is 5.41. The molecule has 0 saturated heterocycles. The Morgan fingerprint density at radius 1 is 1.03 bits per heavy atom. The van der Waals surface area contributed by atoms with Crippen molar-refractivity contribution >= 4 is 51.6 Å². The lowest BCUT2D eigenvalue weighted by molar-refractivity contribution is 0.102. The van der Waals surface area contributed by atoms with E-state index in [0.29, 0.717) is 50.6 Å². The summed E-state index contributed by atoms with van der Waals surface area (Å²) >= 11 is 13.2. The maximum absolute atomic E-state index is 12.7. The second kappa shape index (κ2) is 10.4. The molecule has 0 aliphatic rings. The molecule has 3 aromatic carbocycles. The number of Topliss-reactive ketones (excluding diaryl/α,β-unsaturated/α-hetero) is 1. The zero-order valence-electron chi connectivity index (χ0n) is 17.8. The predicted octanol–water partition coefficient (Wildman–Crippen LogP) is 6.28. The maximum atomic E-state index is 12.7. The summed E-state index contributed by atoms with van der Waals surface area (Å²) in [6.45, 7) is 2.71. The Bertz CT molecular complexity index is 1370. The summed E-state index contributed by atoms with van der Waals surface area (Å²) in [6, 6.07) is 19.5. The minimum atomic E-state index is -0.0958. The highest BCUT2D eigenvalue weighted by Gasteiger charge is 2.13. The standard InChI is InChI=1S/C25H20Cl2N2O3S/c1-2-29-24(31)19-5-3-4-6-22(19)28-25(29)33-15-23(30)17-8-10-18(11-9-17)32-14-16-7-12-20(26)21(27)13-16/h3-13H,2,14-15H2,1H3. The van der Waals surface area contributed by atoms with E-state index >= 15 is 0 Å². The van der Waals surface area contributed by atoms with Gasteiger partial charge < -0.3 is 4.74 Å². The first-order chi connectivity index (χ1) is 16.0. The van der Waals surface area contributed by atoms with Gasteiger partial charge in [0, 0.05) is 12.1 Å². The summed E-state index contributed by atoms with van der Waals surface area (Å²) in [5.41, 5.74) is 1.99. The molecule has 0 aliphatic heterocycles. The van der Waals surface area contributed by atoms with Crippen molar-refractivity contribution in [3.8, 4) is 5.75 Å². The van der Waals surface area contributed by atoms with Crippen LogP contribution in [0.4, 0.5) is 0 Å². The smallest absolute Gasteiger partial charge is 0.262 e. The van der Waals surface area contributed by atoms with Crippen molar-refractivity contribution in [2.24, 2.45) is 0 Å². The van der Waals surface area contributed by atoms with E-state index < -0.39 is 0 Å². The molecule has 0 aliphatic carbocycles. The molecule has 168 valence electrons. The van der Waals surface area contributed by atoms with Crippen molar-refractivity contribution < 1.29 is 9.53 Å². The van der Waals surface area contributed by atoms with Crippen LogP contribution in [0.1, 0.15) is 22.8 Å². The van der Waals surface area contributed by atoms with E-state index in [-0.39, 0.29) is 17.1 Å². The lowest BCUT2D eigenvalue weighted by Crippen LogP contribution is -2.22. The summed E-state index contributed by atoms with van der Waals surface area (Å²) in [6.07, 6.45) is 0. The zero-order chi connectivity index (χ0) is 23.4. The van der Waals surface area contributed by atoms with Gasteiger partial charge in [0.25, 0.3) is 5.56 Å². The van der Waals surface area contributed by atoms with Crippen LogP contribution in [0.15, 0.2) is 76.7 Å². The number of ether oxygens (including phenoxy) is 1. The molecule has 0 atom stereocenters. The molecule has 4 aromatic rings. The number of fused-ring (bicyclic) bond motifs is 1. The van der Waals surface area contributed by atoms with Gasteiger partial charge in [0.1, 0.15) is 12.4 Å². The van der Waals surface area contributed by atoms with Gasteiger partial charge in [0.2, 0.25) is 0 Å². The van der Waals surface area contributed by atoms with Crippen LogP contribution in [-0.4, -0.2) is 21.1 Å². The number of benzene rings is 3. The van der Waals surface area contributed by atoms with Crippen molar-refractivity contribution in [3.63, 3.8) is 0 Å². The number of nitrogens with zero attached hydrogens (tertiary/aromatic N) is 2. The monoisotopic (exact) mass is 498 g/mol. The molecule has 33 heavy (non-hydrogen) atoms. The van der Waals surface area contributed by atoms with E-state index in [4.69, 9.17) is 27.9 Å². The fourth-order valence-corrected chi connectivity index (χ4v) is 4.56. The van der Waals surface area contributed by atoms with E-state index in [1.807, 2.05) is 25.1 Å². The van der Waals surface area contributed by atoms with Crippen LogP contribution in [0, 0.1) is 0 Å². The van der Waals surface area contributed by atoms with E-state index in [1.165, 1.54) is 11.8 Å². The topological polar surface area (TPSA) is 61.2 Å². The number of aromatic nitrogens is 2. The normalized spacial score (nSPS) is 11.0. The molecular formula is C25H20Cl2N2O3S. The van der Waals surface area contributed by atoms with Crippen molar-refractivity contribution in [3.05, 3.63) is 98.3 Å². The largest absolute Gasteiger partial charge is 0.489 e. The molecule has 1 aromatic heterocycles. The van der Waals surface area contributed by atoms with Crippen molar-refractivity contribution in [2.45, 2.75) is 25.2 Å². The highest BCUT2D eigenvalue weighted by molar-refractivity contribution is 7.99. The minimum Gasteiger partial charge on any atom is -0.489 e. The molecule has 5 nitrogen and oxygen atoms in total. The first-order valence-electron chi connectivity index (χ1n) is 10.3. The third-order valence-electron chi connectivity index (χ3n) is 5.04. The van der Waals surface area contributed by atoms with Crippen LogP contribution in [0.5, 0.6) is 5.75 Å². The first kappa shape index (κ1) is 23.4. The van der Waals surface area contributed by atoms with E-state index in [0.717, 1.165) is 5.56 Å². The van der Waals surface area contributed by atoms with Gasteiger partial charge in [-0.15, -0.1) is 0 Å². The van der Waals surface area contributed by atoms with Crippen molar-refractivity contribution in [1.29, 1.82) is 0 Å². The number of rotatable bonds is 8. The Morgan fingerprint density at radius 2 is 1.79 bits per heavy atom. The van der Waals surface area contributed by atoms with Crippen molar-refractivity contribution in [1.82, 2.24) is 9.55 Å². The molecular weight excluding hydrogens is 479 g/mol. The molecule has 0 fully saturated rings. The van der Waals surface area contributed by atoms with Gasteiger partial charge in [-0.05, 0) is 61.0 Å². The molecule has 0 saturated carbocycles. The highest BCUT2D eigenvalue weighted by Crippen LogP contribution is 2.24. The number of hydrogen-bond acceptors (Lipinski definition) is 5. The second-order valence-corrected chi connectivity index (χ2v) is 8.99. The number of ketones is 1. The van der Waals surface area contributed by atoms with Gasteiger partial charge in [0.05, 0.1) is 26.7 Å². The van der Waals surface area contributed by atoms with Crippen LogP contribution in [0.25, 0.3) is 10.9 Å². The lowest BCUT2D eigenvalue weighted by atomic mass is 10.1. The number of hydrogen-bond donors (Lipinski definition) is 0. The van der Waals surface area contributed by atoms with E-state index in [1.54, 1.807) is 53.1 Å². The average molecular weight is 499 g/mol. The number of carbonyl (C=O) groups is 1. The quantitative estimate of drug-likeness (QED) is 0.162. The fraction of sp³-hybridized carbons (Fsp3) is 0.160. The van der Waals surface area contributed by atoms with Gasteiger partial charge in [-0.3, -0.25) is 14.2 Å². The molecule has 0 radical (unpaired) electrons. The number of thioether (sulfide) groups is 1. The summed E-state index contributed by atoms with van der Waals surface area (Å²) in [4.78, 5) is 30.0. The maximum Gasteiger partial charge on any atom is 0.262 e. The molecule has 0 amide bonds. The Kier molecular flexibility index (Phi) is 7.38. The van der Waals surface area contributed by atoms with Crippen LogP contribution < -0.4 is 10.3 Å². The molecule has 0 spiro atoms. The molecule has 0 unspecified atom stereocenters. The van der Waals surface area contributed by atoms with Crippen molar-refractivity contribution in [2.75, 3.05) is 5.75 Å². The van der Waals surface area contributed by atoms with Crippen LogP contribution in [0.3, 0.4) is 0 Å². The predicted molar refractivity (Wildman–Crippen MR) is 134 cm³/mol. The summed E-state index contributed by atoms with van der Waals surface area (Å²) < 4.78 is 7.37. The Hall–Kier alpha value is -2.80. The average Bonchev–Trinajstić information content (AvgIpc) is 2.83. The first-order valence-corrected chi connectivity index (χ1v) is 12.0. The second-order valence-electron chi connectivity index (χ2n) is 7.23. The number of halogens is 2. The lowest BCUT2D eigenvalue weighted by Gasteiger charge is -2.11. The van der Waals surface area contributed by atoms with E-state index in [2.05, 4.69) is 4.98 Å². The van der Waals surface area contributed by atoms with E-state index in [9.17, 15) is 9.59 Å². The highest BCUT2D eigenvalue weighted by atomic mass is 35.5. The summed E-state index contributed by atoms with van der Waals surface area (Å²) in [5.74, 6) is 0.760. The Labute approximate surface area is 205 Å². The number of para-hydroxylation sites is 1. The van der Waals surface area contributed by atoms with Gasteiger partial charge in [-0.25, -0.2) is 4.98 Å². The van der Waals surface area contributed by atoms with Gasteiger partial charge in [0.15, 0.2) is 10.9 Å².